The number of likely N-dealkylation sites (N-methyl/N-ethyl adjacent to an activating group) is 1. The number of carbonyl (C=O) groups is 1. The maximum absolute atomic E-state index is 11.5. The van der Waals surface area contributed by atoms with Gasteiger partial charge in [0, 0.05) is 11.9 Å². The normalized spacial score (nSPS) is 18.4. The average molecular weight is 262 g/mol. The van der Waals surface area contributed by atoms with Crippen LogP contribution in [0, 0.1) is 5.92 Å². The van der Waals surface area contributed by atoms with Gasteiger partial charge in [-0.1, -0.05) is 20.8 Å². The van der Waals surface area contributed by atoms with Crippen LogP contribution in [0.25, 0.3) is 0 Å². The Morgan fingerprint density at radius 1 is 1.53 bits per heavy atom. The van der Waals surface area contributed by atoms with Crippen molar-refractivity contribution >= 4 is 17.7 Å². The van der Waals surface area contributed by atoms with Crippen LogP contribution in [0.2, 0.25) is 0 Å². The first-order chi connectivity index (χ1) is 7.85. The van der Waals surface area contributed by atoms with Crippen LogP contribution in [0.4, 0.5) is 0 Å². The van der Waals surface area contributed by atoms with Crippen LogP contribution in [0.5, 0.6) is 0 Å². The molecule has 0 spiro atoms. The summed E-state index contributed by atoms with van der Waals surface area (Å²) in [5.41, 5.74) is 4.80. The van der Waals surface area contributed by atoms with Crippen molar-refractivity contribution in [1.29, 1.82) is 0 Å². The molecule has 0 radical (unpaired) electrons. The van der Waals surface area contributed by atoms with E-state index in [1.54, 1.807) is 11.8 Å². The summed E-state index contributed by atoms with van der Waals surface area (Å²) in [6, 6.07) is 0. The van der Waals surface area contributed by atoms with Gasteiger partial charge in [0.1, 0.15) is 0 Å². The van der Waals surface area contributed by atoms with E-state index in [1.165, 1.54) is 0 Å². The molecule has 0 aromatic carbocycles. The highest BCUT2D eigenvalue weighted by Crippen LogP contribution is 2.23. The number of nitrogens with two attached hydrogens (primary N) is 1. The topological polar surface area (TPSA) is 75.3 Å². The molecule has 0 saturated carbocycles. The summed E-state index contributed by atoms with van der Waals surface area (Å²) in [4.78, 5) is 11.5. The molecular formula is C12H26N2O2S. The summed E-state index contributed by atoms with van der Waals surface area (Å²) in [5.74, 6) is 0.891. The summed E-state index contributed by atoms with van der Waals surface area (Å²) in [7, 11) is 0. The van der Waals surface area contributed by atoms with E-state index in [2.05, 4.69) is 12.2 Å². The Morgan fingerprint density at radius 3 is 2.53 bits per heavy atom. The van der Waals surface area contributed by atoms with Crippen LogP contribution in [-0.2, 0) is 4.79 Å². The molecule has 102 valence electrons. The Morgan fingerprint density at radius 2 is 2.12 bits per heavy atom. The minimum atomic E-state index is -0.635. The highest BCUT2D eigenvalue weighted by Gasteiger charge is 2.31. The lowest BCUT2D eigenvalue weighted by Crippen LogP contribution is -2.54. The van der Waals surface area contributed by atoms with E-state index in [9.17, 15) is 4.79 Å². The first kappa shape index (κ1) is 16.7. The highest BCUT2D eigenvalue weighted by molar-refractivity contribution is 7.99. The van der Waals surface area contributed by atoms with Gasteiger partial charge < -0.3 is 16.2 Å². The van der Waals surface area contributed by atoms with Crippen LogP contribution in [0.15, 0.2) is 0 Å². The summed E-state index contributed by atoms with van der Waals surface area (Å²) < 4.78 is 0. The maximum atomic E-state index is 11.5. The summed E-state index contributed by atoms with van der Waals surface area (Å²) >= 11 is 1.77. The molecule has 5 heteroatoms. The van der Waals surface area contributed by atoms with Crippen LogP contribution >= 0.6 is 11.8 Å². The number of thioether (sulfide) groups is 1. The highest BCUT2D eigenvalue weighted by atomic mass is 32.2. The number of nitrogens with one attached hydrogen (secondary N) is 1. The van der Waals surface area contributed by atoms with Crippen molar-refractivity contribution in [1.82, 2.24) is 5.32 Å². The van der Waals surface area contributed by atoms with E-state index in [1.807, 2.05) is 20.8 Å². The average Bonchev–Trinajstić information content (AvgIpc) is 2.25. The van der Waals surface area contributed by atoms with Crippen LogP contribution in [0.1, 0.15) is 34.1 Å². The van der Waals surface area contributed by atoms with Gasteiger partial charge >= 0.3 is 0 Å². The molecule has 0 bridgehead atoms. The molecule has 1 amide bonds. The first-order valence-electron chi connectivity index (χ1n) is 6.13. The molecule has 0 aliphatic carbocycles. The number of primary amides is 1. The zero-order valence-electron chi connectivity index (χ0n) is 11.3. The Kier molecular flexibility index (Phi) is 7.83. The second kappa shape index (κ2) is 7.95. The van der Waals surface area contributed by atoms with Gasteiger partial charge in [-0.25, -0.2) is 0 Å². The number of amides is 1. The number of hydrogen-bond acceptors (Lipinski definition) is 4. The first-order valence-corrected chi connectivity index (χ1v) is 7.18. The van der Waals surface area contributed by atoms with Gasteiger partial charge in [-0.3, -0.25) is 4.79 Å². The molecule has 17 heavy (non-hydrogen) atoms. The maximum Gasteiger partial charge on any atom is 0.237 e. The summed E-state index contributed by atoms with van der Waals surface area (Å²) in [5, 5.41) is 12.4. The summed E-state index contributed by atoms with van der Waals surface area (Å²) in [6.45, 7) is 8.85. The molecule has 0 aliphatic heterocycles. The molecule has 0 fully saturated rings. The van der Waals surface area contributed by atoms with Crippen molar-refractivity contribution in [3.8, 4) is 0 Å². The predicted molar refractivity (Wildman–Crippen MR) is 74.1 cm³/mol. The number of aliphatic hydroxyl groups excluding tert-OH is 1. The standard InChI is InChI=1S/C12H26N2O2S/c1-5-14-12(4,11(13)16)6-10(3)17-8-9(2)7-15/h9-10,14-15H,5-8H2,1-4H3,(H2,13,16). The molecular weight excluding hydrogens is 236 g/mol. The van der Waals surface area contributed by atoms with E-state index in [0.29, 0.717) is 17.6 Å². The molecule has 3 atom stereocenters. The Labute approximate surface area is 109 Å². The lowest BCUT2D eigenvalue weighted by Gasteiger charge is -2.30. The van der Waals surface area contributed by atoms with Crippen LogP contribution in [-0.4, -0.2) is 40.7 Å². The van der Waals surface area contributed by atoms with Crippen molar-refractivity contribution in [2.75, 3.05) is 18.9 Å². The van der Waals surface area contributed by atoms with Gasteiger partial charge in [-0.15, -0.1) is 0 Å². The van der Waals surface area contributed by atoms with Crippen LogP contribution in [0.3, 0.4) is 0 Å². The molecule has 0 aromatic rings. The molecule has 4 nitrogen and oxygen atoms in total. The third-order valence-corrected chi connectivity index (χ3v) is 4.28. The van der Waals surface area contributed by atoms with Gasteiger partial charge in [0.05, 0.1) is 5.54 Å². The third-order valence-electron chi connectivity index (χ3n) is 2.78. The monoisotopic (exact) mass is 262 g/mol. The van der Waals surface area contributed by atoms with Crippen molar-refractivity contribution in [3.05, 3.63) is 0 Å². The lowest BCUT2D eigenvalue weighted by molar-refractivity contribution is -0.124. The van der Waals surface area contributed by atoms with E-state index in [-0.39, 0.29) is 12.5 Å². The molecule has 0 rings (SSSR count). The molecule has 0 aliphatic rings. The number of carbonyl (C=O) groups excluding carboxylic acids is 1. The van der Waals surface area contributed by atoms with Gasteiger partial charge in [0.2, 0.25) is 5.91 Å². The van der Waals surface area contributed by atoms with Gasteiger partial charge in [0.25, 0.3) is 0 Å². The molecule has 0 aromatic heterocycles. The van der Waals surface area contributed by atoms with E-state index in [0.717, 1.165) is 12.3 Å². The number of hydrogen-bond donors (Lipinski definition) is 3. The van der Waals surface area contributed by atoms with Crippen molar-refractivity contribution in [2.45, 2.75) is 44.9 Å². The lowest BCUT2D eigenvalue weighted by atomic mass is 9.95. The van der Waals surface area contributed by atoms with E-state index < -0.39 is 5.54 Å². The fourth-order valence-corrected chi connectivity index (χ4v) is 2.88. The SMILES string of the molecule is CCNC(C)(CC(C)SCC(C)CO)C(N)=O. The zero-order valence-corrected chi connectivity index (χ0v) is 12.1. The molecule has 0 saturated heterocycles. The number of aliphatic hydroxyl groups is 1. The quantitative estimate of drug-likeness (QED) is 0.579. The fraction of sp³-hybridized carbons (Fsp3) is 0.917. The molecule has 3 unspecified atom stereocenters. The molecule has 4 N–H and O–H groups in total. The van der Waals surface area contributed by atoms with Gasteiger partial charge in [0.15, 0.2) is 0 Å². The zero-order chi connectivity index (χ0) is 13.5. The second-order valence-electron chi connectivity index (χ2n) is 4.86. The van der Waals surface area contributed by atoms with E-state index >= 15 is 0 Å². The Bertz CT molecular complexity index is 239. The second-order valence-corrected chi connectivity index (χ2v) is 6.33. The minimum absolute atomic E-state index is 0.208. The Hall–Kier alpha value is -0.260. The van der Waals surface area contributed by atoms with Crippen LogP contribution < -0.4 is 11.1 Å². The van der Waals surface area contributed by atoms with Crippen molar-refractivity contribution in [2.24, 2.45) is 11.7 Å². The third kappa shape index (κ3) is 6.29. The van der Waals surface area contributed by atoms with Crippen molar-refractivity contribution < 1.29 is 9.90 Å². The minimum Gasteiger partial charge on any atom is -0.396 e. The summed E-state index contributed by atoms with van der Waals surface area (Å²) in [6.07, 6.45) is 0.707. The van der Waals surface area contributed by atoms with Crippen molar-refractivity contribution in [3.63, 3.8) is 0 Å². The molecule has 0 heterocycles. The smallest absolute Gasteiger partial charge is 0.237 e. The largest absolute Gasteiger partial charge is 0.396 e. The number of rotatable bonds is 9. The van der Waals surface area contributed by atoms with Gasteiger partial charge in [-0.2, -0.15) is 11.8 Å². The van der Waals surface area contributed by atoms with E-state index in [4.69, 9.17) is 10.8 Å². The van der Waals surface area contributed by atoms with Gasteiger partial charge in [-0.05, 0) is 31.6 Å². The Balaban J connectivity index is 4.22. The fourth-order valence-electron chi connectivity index (χ4n) is 1.67. The predicted octanol–water partition coefficient (Wildman–Crippen LogP) is 0.980.